The molecule has 0 saturated carbocycles. The molecule has 2 nitrogen and oxygen atoms in total. The van der Waals surface area contributed by atoms with Gasteiger partial charge in [-0.3, -0.25) is 0 Å². The molecule has 0 radical (unpaired) electrons. The Morgan fingerprint density at radius 3 is 3.00 bits per heavy atom. The van der Waals surface area contributed by atoms with E-state index in [-0.39, 0.29) is 0 Å². The highest BCUT2D eigenvalue weighted by Gasteiger charge is 2.06. The van der Waals surface area contributed by atoms with Crippen molar-refractivity contribution in [3.05, 3.63) is 39.8 Å². The Balaban J connectivity index is 2.81. The van der Waals surface area contributed by atoms with Crippen LogP contribution in [-0.4, -0.2) is 13.7 Å². The maximum atomic E-state index is 5.60. The zero-order valence-electron chi connectivity index (χ0n) is 8.47. The average molecular weight is 291 g/mol. The summed E-state index contributed by atoms with van der Waals surface area (Å²) in [5.41, 5.74) is 2.57. The van der Waals surface area contributed by atoms with Crippen molar-refractivity contribution < 1.29 is 4.74 Å². The molecule has 0 fully saturated rings. The number of halogens is 2. The summed E-state index contributed by atoms with van der Waals surface area (Å²) in [7, 11) is 1.91. The Morgan fingerprint density at radius 1 is 1.53 bits per heavy atom. The van der Waals surface area contributed by atoms with Crippen molar-refractivity contribution >= 4 is 27.5 Å². The molecule has 1 rings (SSSR count). The first kappa shape index (κ1) is 12.6. The fourth-order valence-electron chi connectivity index (χ4n) is 1.21. The molecule has 1 N–H and O–H groups in total. The van der Waals surface area contributed by atoms with Gasteiger partial charge in [0.05, 0.1) is 4.47 Å². The van der Waals surface area contributed by atoms with Crippen LogP contribution in [-0.2, 0) is 6.54 Å². The number of rotatable bonds is 5. The molecule has 0 saturated heterocycles. The Hall–Kier alpha value is -0.510. The summed E-state index contributed by atoms with van der Waals surface area (Å²) in [5, 5.41) is 3.10. The molecule has 0 bridgehead atoms. The van der Waals surface area contributed by atoms with Crippen LogP contribution in [0.5, 0.6) is 5.75 Å². The van der Waals surface area contributed by atoms with Gasteiger partial charge in [-0.1, -0.05) is 23.7 Å². The van der Waals surface area contributed by atoms with Crippen LogP contribution in [0.4, 0.5) is 0 Å². The Labute approximate surface area is 103 Å². The minimum Gasteiger partial charge on any atom is -0.488 e. The topological polar surface area (TPSA) is 21.3 Å². The minimum atomic E-state index is 0.475. The molecule has 82 valence electrons. The van der Waals surface area contributed by atoms with Crippen LogP contribution in [0.3, 0.4) is 0 Å². The molecule has 0 aliphatic carbocycles. The van der Waals surface area contributed by atoms with E-state index in [1.807, 2.05) is 25.2 Å². The number of hydrogen-bond donors (Lipinski definition) is 1. The van der Waals surface area contributed by atoms with Gasteiger partial charge in [-0.15, -0.1) is 0 Å². The van der Waals surface area contributed by atoms with E-state index >= 15 is 0 Å². The number of benzene rings is 1. The fraction of sp³-hybridized carbons (Fsp3) is 0.273. The Bertz CT molecular complexity index is 341. The molecule has 0 heterocycles. The largest absolute Gasteiger partial charge is 0.488 e. The molecule has 0 aromatic heterocycles. The lowest BCUT2D eigenvalue weighted by atomic mass is 10.2. The highest BCUT2D eigenvalue weighted by molar-refractivity contribution is 9.10. The molecule has 0 unspecified atom stereocenters. The number of ether oxygens (including phenoxy) is 1. The van der Waals surface area contributed by atoms with Crippen LogP contribution in [0.25, 0.3) is 0 Å². The van der Waals surface area contributed by atoms with Gasteiger partial charge in [-0.25, -0.2) is 0 Å². The summed E-state index contributed by atoms with van der Waals surface area (Å²) in [6.45, 7) is 1.25. The quantitative estimate of drug-likeness (QED) is 0.898. The van der Waals surface area contributed by atoms with Crippen LogP contribution in [0.15, 0.2) is 34.3 Å². The second-order valence-electron chi connectivity index (χ2n) is 2.93. The zero-order valence-corrected chi connectivity index (χ0v) is 10.8. The van der Waals surface area contributed by atoms with Gasteiger partial charge in [0.25, 0.3) is 0 Å². The zero-order chi connectivity index (χ0) is 11.1. The van der Waals surface area contributed by atoms with Crippen molar-refractivity contribution in [2.75, 3.05) is 13.7 Å². The van der Waals surface area contributed by atoms with Crippen LogP contribution in [0.1, 0.15) is 5.56 Å². The first-order valence-corrected chi connectivity index (χ1v) is 5.82. The van der Waals surface area contributed by atoms with Gasteiger partial charge in [0.1, 0.15) is 12.4 Å². The van der Waals surface area contributed by atoms with Gasteiger partial charge in [0, 0.05) is 17.6 Å². The maximum Gasteiger partial charge on any atom is 0.138 e. The van der Waals surface area contributed by atoms with Crippen LogP contribution >= 0.6 is 27.5 Å². The van der Waals surface area contributed by atoms with E-state index in [0.717, 1.165) is 22.3 Å². The lowest BCUT2D eigenvalue weighted by Gasteiger charge is -2.11. The van der Waals surface area contributed by atoms with Crippen molar-refractivity contribution in [2.45, 2.75) is 6.54 Å². The van der Waals surface area contributed by atoms with Crippen molar-refractivity contribution in [2.24, 2.45) is 0 Å². The molecule has 0 atom stereocenters. The van der Waals surface area contributed by atoms with Crippen LogP contribution in [0.2, 0.25) is 0 Å². The summed E-state index contributed by atoms with van der Waals surface area (Å²) >= 11 is 8.88. The number of para-hydroxylation sites is 1. The highest BCUT2D eigenvalue weighted by atomic mass is 79.9. The van der Waals surface area contributed by atoms with Gasteiger partial charge in [-0.05, 0) is 35.1 Å². The van der Waals surface area contributed by atoms with E-state index in [9.17, 15) is 0 Å². The maximum absolute atomic E-state index is 5.60. The first-order chi connectivity index (χ1) is 7.29. The van der Waals surface area contributed by atoms with E-state index in [1.165, 1.54) is 5.54 Å². The van der Waals surface area contributed by atoms with Crippen LogP contribution < -0.4 is 10.1 Å². The van der Waals surface area contributed by atoms with Gasteiger partial charge < -0.3 is 10.1 Å². The van der Waals surface area contributed by atoms with E-state index in [1.54, 1.807) is 6.08 Å². The molecule has 1 aromatic carbocycles. The second kappa shape index (κ2) is 6.88. The van der Waals surface area contributed by atoms with E-state index in [4.69, 9.17) is 16.3 Å². The first-order valence-electron chi connectivity index (χ1n) is 4.59. The van der Waals surface area contributed by atoms with Crippen molar-refractivity contribution in [3.8, 4) is 5.75 Å². The lowest BCUT2D eigenvalue weighted by molar-refractivity contribution is 0.356. The lowest BCUT2D eigenvalue weighted by Crippen LogP contribution is -2.07. The fourth-order valence-corrected chi connectivity index (χ4v) is 1.81. The normalized spacial score (nSPS) is 10.9. The van der Waals surface area contributed by atoms with Gasteiger partial charge >= 0.3 is 0 Å². The standard InChI is InChI=1S/C11H13BrClNO/c1-14-8-9-4-2-5-10(12)11(9)15-7-3-6-13/h2-6,14H,7-8H2,1H3/b6-3+. The summed E-state index contributed by atoms with van der Waals surface area (Å²) < 4.78 is 6.56. The minimum absolute atomic E-state index is 0.475. The molecule has 4 heteroatoms. The predicted octanol–water partition coefficient (Wildman–Crippen LogP) is 3.30. The van der Waals surface area contributed by atoms with E-state index in [0.29, 0.717) is 6.61 Å². The van der Waals surface area contributed by atoms with Gasteiger partial charge in [0.2, 0.25) is 0 Å². The molecule has 0 spiro atoms. The summed E-state index contributed by atoms with van der Waals surface area (Å²) in [5.74, 6) is 0.863. The molecule has 1 aromatic rings. The molecular weight excluding hydrogens is 277 g/mol. The summed E-state index contributed by atoms with van der Waals surface area (Å²) in [4.78, 5) is 0. The third kappa shape index (κ3) is 3.86. The van der Waals surface area contributed by atoms with E-state index in [2.05, 4.69) is 21.2 Å². The third-order valence-corrected chi connectivity index (χ3v) is 2.63. The molecule has 0 aliphatic rings. The smallest absolute Gasteiger partial charge is 0.138 e. The molecular formula is C11H13BrClNO. The van der Waals surface area contributed by atoms with Crippen molar-refractivity contribution in [3.63, 3.8) is 0 Å². The number of hydrogen-bond acceptors (Lipinski definition) is 2. The van der Waals surface area contributed by atoms with Gasteiger partial charge in [0.15, 0.2) is 0 Å². The van der Waals surface area contributed by atoms with Crippen molar-refractivity contribution in [1.29, 1.82) is 0 Å². The second-order valence-corrected chi connectivity index (χ2v) is 4.04. The highest BCUT2D eigenvalue weighted by Crippen LogP contribution is 2.28. The van der Waals surface area contributed by atoms with Crippen molar-refractivity contribution in [1.82, 2.24) is 5.32 Å². The Kier molecular flexibility index (Phi) is 5.76. The van der Waals surface area contributed by atoms with E-state index < -0.39 is 0 Å². The predicted molar refractivity (Wildman–Crippen MR) is 67.4 cm³/mol. The summed E-state index contributed by atoms with van der Waals surface area (Å²) in [6.07, 6.45) is 1.75. The third-order valence-electron chi connectivity index (χ3n) is 1.83. The molecule has 15 heavy (non-hydrogen) atoms. The SMILES string of the molecule is CNCc1cccc(Br)c1OC/C=C/Cl. The average Bonchev–Trinajstić information content (AvgIpc) is 2.23. The van der Waals surface area contributed by atoms with Crippen LogP contribution in [0, 0.1) is 0 Å². The number of nitrogens with one attached hydrogen (secondary N) is 1. The Morgan fingerprint density at radius 2 is 2.33 bits per heavy atom. The monoisotopic (exact) mass is 289 g/mol. The molecule has 0 amide bonds. The van der Waals surface area contributed by atoms with Gasteiger partial charge in [-0.2, -0.15) is 0 Å². The molecule has 0 aliphatic heterocycles. The summed E-state index contributed by atoms with van der Waals surface area (Å²) in [6, 6.07) is 5.97.